The molecule has 30 heavy (non-hydrogen) atoms. The minimum atomic E-state index is -0.0398. The van der Waals surface area contributed by atoms with Gasteiger partial charge in [-0.3, -0.25) is 9.59 Å². The molecule has 4 rings (SSSR count). The summed E-state index contributed by atoms with van der Waals surface area (Å²) in [4.78, 5) is 28.0. The van der Waals surface area contributed by atoms with Gasteiger partial charge in [0.1, 0.15) is 5.75 Å². The lowest BCUT2D eigenvalue weighted by molar-refractivity contribution is -0.121. The van der Waals surface area contributed by atoms with Crippen molar-refractivity contribution < 1.29 is 14.3 Å². The number of ether oxygens (including phenoxy) is 1. The van der Waals surface area contributed by atoms with Gasteiger partial charge >= 0.3 is 0 Å². The quantitative estimate of drug-likeness (QED) is 0.562. The molecule has 1 aliphatic heterocycles. The lowest BCUT2D eigenvalue weighted by atomic mass is 10.0. The summed E-state index contributed by atoms with van der Waals surface area (Å²) in [5.74, 6) is 1.46. The fourth-order valence-electron chi connectivity index (χ4n) is 3.32. The maximum Gasteiger partial charge on any atom is 0.224 e. The molecule has 3 heterocycles. The fraction of sp³-hybridized carbons (Fsp3) is 0.273. The molecule has 0 saturated carbocycles. The summed E-state index contributed by atoms with van der Waals surface area (Å²) in [7, 11) is 0. The zero-order valence-electron chi connectivity index (χ0n) is 16.5. The highest BCUT2D eigenvalue weighted by molar-refractivity contribution is 5.94. The number of rotatable bonds is 8. The van der Waals surface area contributed by atoms with E-state index >= 15 is 0 Å². The van der Waals surface area contributed by atoms with E-state index in [1.807, 2.05) is 42.6 Å². The van der Waals surface area contributed by atoms with E-state index in [4.69, 9.17) is 4.74 Å². The van der Waals surface area contributed by atoms with E-state index in [0.717, 1.165) is 29.0 Å². The lowest BCUT2D eigenvalue weighted by Gasteiger charge is -2.17. The first-order valence-corrected chi connectivity index (χ1v) is 9.95. The summed E-state index contributed by atoms with van der Waals surface area (Å²) in [5.41, 5.74) is 2.82. The summed E-state index contributed by atoms with van der Waals surface area (Å²) in [6, 6.07) is 11.2. The number of nitrogens with one attached hydrogen (secondary N) is 2. The topological polar surface area (TPSA) is 98.1 Å². The Balaban J connectivity index is 1.21. The third-order valence-electron chi connectivity index (χ3n) is 4.85. The second-order valence-corrected chi connectivity index (χ2v) is 7.03. The van der Waals surface area contributed by atoms with E-state index < -0.39 is 0 Å². The van der Waals surface area contributed by atoms with E-state index in [-0.39, 0.29) is 11.8 Å². The Morgan fingerprint density at radius 2 is 2.13 bits per heavy atom. The molecule has 0 atom stereocenters. The SMILES string of the molecule is O=C(CCCOc1ccc2c(c1)CCC(=O)N2)NCc1cccnc1-n1cccn1. The number of carbonyl (C=O) groups is 2. The molecule has 154 valence electrons. The van der Waals surface area contributed by atoms with Crippen LogP contribution in [0.2, 0.25) is 0 Å². The second-order valence-electron chi connectivity index (χ2n) is 7.03. The molecule has 8 heteroatoms. The second kappa shape index (κ2) is 9.21. The number of amides is 2. The van der Waals surface area contributed by atoms with Gasteiger partial charge in [0.15, 0.2) is 5.82 Å². The maximum atomic E-state index is 12.2. The Kier molecular flexibility index (Phi) is 6.03. The number of benzene rings is 1. The Hall–Kier alpha value is -3.68. The average molecular weight is 405 g/mol. The molecule has 0 fully saturated rings. The normalized spacial score (nSPS) is 12.7. The molecule has 2 N–H and O–H groups in total. The Labute approximate surface area is 174 Å². The number of pyridine rings is 1. The van der Waals surface area contributed by atoms with E-state index in [9.17, 15) is 9.59 Å². The van der Waals surface area contributed by atoms with Crippen LogP contribution in [0.4, 0.5) is 5.69 Å². The van der Waals surface area contributed by atoms with Crippen LogP contribution in [0, 0.1) is 0 Å². The van der Waals surface area contributed by atoms with Gasteiger partial charge in [0.2, 0.25) is 11.8 Å². The molecule has 1 aromatic carbocycles. The van der Waals surface area contributed by atoms with Gasteiger partial charge in [0.25, 0.3) is 0 Å². The van der Waals surface area contributed by atoms with Crippen molar-refractivity contribution in [1.82, 2.24) is 20.1 Å². The molecule has 0 radical (unpaired) electrons. The fourth-order valence-corrected chi connectivity index (χ4v) is 3.32. The monoisotopic (exact) mass is 405 g/mol. The van der Waals surface area contributed by atoms with Crippen LogP contribution in [0.25, 0.3) is 5.82 Å². The molecule has 0 saturated heterocycles. The zero-order chi connectivity index (χ0) is 20.8. The van der Waals surface area contributed by atoms with Gasteiger partial charge in [-0.25, -0.2) is 9.67 Å². The van der Waals surface area contributed by atoms with Crippen molar-refractivity contribution in [2.75, 3.05) is 11.9 Å². The van der Waals surface area contributed by atoms with Gasteiger partial charge < -0.3 is 15.4 Å². The number of anilines is 1. The number of carbonyl (C=O) groups excluding carboxylic acids is 2. The molecule has 8 nitrogen and oxygen atoms in total. The molecule has 3 aromatic rings. The van der Waals surface area contributed by atoms with Crippen LogP contribution in [-0.4, -0.2) is 33.2 Å². The van der Waals surface area contributed by atoms with Crippen molar-refractivity contribution in [3.05, 3.63) is 66.1 Å². The third kappa shape index (κ3) is 4.83. The van der Waals surface area contributed by atoms with Crippen LogP contribution in [0.5, 0.6) is 5.75 Å². The zero-order valence-corrected chi connectivity index (χ0v) is 16.5. The minimum absolute atomic E-state index is 0.0398. The van der Waals surface area contributed by atoms with Gasteiger partial charge in [-0.15, -0.1) is 0 Å². The van der Waals surface area contributed by atoms with Crippen LogP contribution in [0.3, 0.4) is 0 Å². The van der Waals surface area contributed by atoms with Crippen LogP contribution < -0.4 is 15.4 Å². The number of fused-ring (bicyclic) bond motifs is 1. The molecule has 1 aliphatic rings. The number of aromatic nitrogens is 3. The predicted molar refractivity (Wildman–Crippen MR) is 111 cm³/mol. The highest BCUT2D eigenvalue weighted by atomic mass is 16.5. The van der Waals surface area contributed by atoms with Crippen LogP contribution in [0.1, 0.15) is 30.4 Å². The number of hydrogen-bond acceptors (Lipinski definition) is 5. The van der Waals surface area contributed by atoms with Crippen LogP contribution in [0.15, 0.2) is 55.0 Å². The number of nitrogens with zero attached hydrogens (tertiary/aromatic N) is 3. The molecule has 0 bridgehead atoms. The van der Waals surface area contributed by atoms with Crippen molar-refractivity contribution in [1.29, 1.82) is 0 Å². The highest BCUT2D eigenvalue weighted by Crippen LogP contribution is 2.26. The van der Waals surface area contributed by atoms with E-state index in [1.54, 1.807) is 17.1 Å². The van der Waals surface area contributed by atoms with Gasteiger partial charge in [0, 0.05) is 49.2 Å². The van der Waals surface area contributed by atoms with Crippen molar-refractivity contribution in [2.24, 2.45) is 0 Å². The highest BCUT2D eigenvalue weighted by Gasteiger charge is 2.15. The standard InChI is InChI=1S/C22H23N5O3/c28-20(24-15-17-4-1-10-23-22(17)27-12-3-11-25-27)5-2-13-30-18-7-8-19-16(14-18)6-9-21(29)26-19/h1,3-4,7-8,10-12,14H,2,5-6,9,13,15H2,(H,24,28)(H,26,29). The van der Waals surface area contributed by atoms with Crippen LogP contribution >= 0.6 is 0 Å². The Morgan fingerprint density at radius 1 is 1.20 bits per heavy atom. The van der Waals surface area contributed by atoms with Gasteiger partial charge in [0.05, 0.1) is 6.61 Å². The smallest absolute Gasteiger partial charge is 0.224 e. The van der Waals surface area contributed by atoms with Crippen molar-refractivity contribution in [2.45, 2.75) is 32.2 Å². The van der Waals surface area contributed by atoms with E-state index in [1.165, 1.54) is 0 Å². The summed E-state index contributed by atoms with van der Waals surface area (Å²) in [6.45, 7) is 0.837. The summed E-state index contributed by atoms with van der Waals surface area (Å²) in [6.07, 6.45) is 7.41. The summed E-state index contributed by atoms with van der Waals surface area (Å²) >= 11 is 0. The van der Waals surface area contributed by atoms with E-state index in [0.29, 0.717) is 38.2 Å². The van der Waals surface area contributed by atoms with Gasteiger partial charge in [-0.1, -0.05) is 6.07 Å². The van der Waals surface area contributed by atoms with Crippen molar-refractivity contribution in [3.8, 4) is 11.6 Å². The number of aryl methyl sites for hydroxylation is 1. The lowest BCUT2D eigenvalue weighted by Crippen LogP contribution is -2.24. The molecule has 2 aromatic heterocycles. The van der Waals surface area contributed by atoms with Gasteiger partial charge in [-0.05, 0) is 48.7 Å². The summed E-state index contributed by atoms with van der Waals surface area (Å²) in [5, 5.41) is 9.98. The Bertz CT molecular complexity index is 1030. The first-order valence-electron chi connectivity index (χ1n) is 9.95. The maximum absolute atomic E-state index is 12.2. The van der Waals surface area contributed by atoms with Crippen molar-refractivity contribution in [3.63, 3.8) is 0 Å². The summed E-state index contributed by atoms with van der Waals surface area (Å²) < 4.78 is 7.45. The van der Waals surface area contributed by atoms with Crippen LogP contribution in [-0.2, 0) is 22.6 Å². The average Bonchev–Trinajstić information content (AvgIpc) is 3.30. The molecule has 0 spiro atoms. The number of hydrogen-bond donors (Lipinski definition) is 2. The molecular weight excluding hydrogens is 382 g/mol. The predicted octanol–water partition coefficient (Wildman–Crippen LogP) is 2.63. The third-order valence-corrected chi connectivity index (χ3v) is 4.85. The largest absolute Gasteiger partial charge is 0.494 e. The van der Waals surface area contributed by atoms with E-state index in [2.05, 4.69) is 20.7 Å². The Morgan fingerprint density at radius 3 is 3.00 bits per heavy atom. The molecular formula is C22H23N5O3. The first-order chi connectivity index (χ1) is 14.7. The minimum Gasteiger partial charge on any atom is -0.494 e. The molecule has 2 amide bonds. The molecule has 0 aliphatic carbocycles. The van der Waals surface area contributed by atoms with Gasteiger partial charge in [-0.2, -0.15) is 5.10 Å². The van der Waals surface area contributed by atoms with Crippen molar-refractivity contribution >= 4 is 17.5 Å². The molecule has 0 unspecified atom stereocenters. The first kappa shape index (κ1) is 19.6.